The van der Waals surface area contributed by atoms with Gasteiger partial charge in [-0.2, -0.15) is 4.31 Å². The topological polar surface area (TPSA) is 84.9 Å². The molecule has 2 aromatic carbocycles. The number of nitrogens with one attached hydrogen (secondary N) is 1. The standard InChI is InChI=1S/C20H24N2O5S/c1-4-14-22(28(24,25)19-12-10-17(26-3)11-13-19)15-20(23)21-16-6-8-18(9-7-16)27-5-2/h4,6-13H,1,5,14-15H2,2-3H3,(H,21,23). The Morgan fingerprint density at radius 1 is 1.11 bits per heavy atom. The molecule has 0 unspecified atom stereocenters. The number of hydrogen-bond donors (Lipinski definition) is 1. The average Bonchev–Trinajstić information content (AvgIpc) is 2.69. The van der Waals surface area contributed by atoms with Gasteiger partial charge in [-0.05, 0) is 55.5 Å². The molecule has 0 saturated heterocycles. The van der Waals surface area contributed by atoms with Crippen LogP contribution in [-0.2, 0) is 14.8 Å². The van der Waals surface area contributed by atoms with Crippen LogP contribution in [0.25, 0.3) is 0 Å². The molecule has 0 bridgehead atoms. The number of carbonyl (C=O) groups is 1. The summed E-state index contributed by atoms with van der Waals surface area (Å²) in [5, 5.41) is 2.69. The minimum atomic E-state index is -3.86. The lowest BCUT2D eigenvalue weighted by Gasteiger charge is -2.20. The molecule has 0 heterocycles. The van der Waals surface area contributed by atoms with Gasteiger partial charge in [0.05, 0.1) is 25.2 Å². The lowest BCUT2D eigenvalue weighted by atomic mass is 10.3. The molecule has 2 rings (SSSR count). The molecule has 0 fully saturated rings. The van der Waals surface area contributed by atoms with Gasteiger partial charge < -0.3 is 14.8 Å². The van der Waals surface area contributed by atoms with Crippen LogP contribution >= 0.6 is 0 Å². The Morgan fingerprint density at radius 2 is 1.71 bits per heavy atom. The summed E-state index contributed by atoms with van der Waals surface area (Å²) >= 11 is 0. The predicted molar refractivity (Wildman–Crippen MR) is 108 cm³/mol. The first kappa shape index (κ1) is 21.5. The molecule has 0 aliphatic rings. The second-order valence-electron chi connectivity index (χ2n) is 5.77. The summed E-state index contributed by atoms with van der Waals surface area (Å²) in [6.07, 6.45) is 1.44. The van der Waals surface area contributed by atoms with Crippen LogP contribution in [0.15, 0.2) is 66.1 Å². The van der Waals surface area contributed by atoms with Crippen LogP contribution in [0.4, 0.5) is 5.69 Å². The third-order valence-corrected chi connectivity index (χ3v) is 5.62. The van der Waals surface area contributed by atoms with Crippen LogP contribution in [0, 0.1) is 0 Å². The number of anilines is 1. The van der Waals surface area contributed by atoms with Crippen molar-refractivity contribution in [3.8, 4) is 11.5 Å². The molecular weight excluding hydrogens is 380 g/mol. The van der Waals surface area contributed by atoms with E-state index in [1.165, 1.54) is 25.3 Å². The maximum atomic E-state index is 12.9. The zero-order chi connectivity index (χ0) is 20.6. The van der Waals surface area contributed by atoms with E-state index in [2.05, 4.69) is 11.9 Å². The summed E-state index contributed by atoms with van der Waals surface area (Å²) < 4.78 is 37.2. The van der Waals surface area contributed by atoms with Gasteiger partial charge in [0, 0.05) is 12.2 Å². The van der Waals surface area contributed by atoms with Crippen molar-refractivity contribution in [2.75, 3.05) is 32.1 Å². The minimum absolute atomic E-state index is 0.00502. The van der Waals surface area contributed by atoms with Gasteiger partial charge in [-0.25, -0.2) is 8.42 Å². The molecule has 0 aliphatic carbocycles. The largest absolute Gasteiger partial charge is 0.497 e. The van der Waals surface area contributed by atoms with Gasteiger partial charge in [0.2, 0.25) is 15.9 Å². The fourth-order valence-electron chi connectivity index (χ4n) is 2.45. The lowest BCUT2D eigenvalue weighted by molar-refractivity contribution is -0.116. The van der Waals surface area contributed by atoms with Crippen LogP contribution in [-0.4, -0.2) is 45.4 Å². The zero-order valence-electron chi connectivity index (χ0n) is 15.9. The number of methoxy groups -OCH3 is 1. The van der Waals surface area contributed by atoms with Crippen molar-refractivity contribution in [3.05, 3.63) is 61.2 Å². The quantitative estimate of drug-likeness (QED) is 0.616. The second-order valence-corrected chi connectivity index (χ2v) is 7.71. The minimum Gasteiger partial charge on any atom is -0.497 e. The number of hydrogen-bond acceptors (Lipinski definition) is 5. The molecule has 8 heteroatoms. The fourth-order valence-corrected chi connectivity index (χ4v) is 3.82. The Bertz CT molecular complexity index is 893. The number of sulfonamides is 1. The van der Waals surface area contributed by atoms with E-state index in [1.54, 1.807) is 36.4 Å². The van der Waals surface area contributed by atoms with E-state index in [1.807, 2.05) is 6.92 Å². The smallest absolute Gasteiger partial charge is 0.243 e. The van der Waals surface area contributed by atoms with Crippen molar-refractivity contribution in [2.24, 2.45) is 0 Å². The van der Waals surface area contributed by atoms with Gasteiger partial charge in [-0.3, -0.25) is 4.79 Å². The van der Waals surface area contributed by atoms with E-state index in [0.717, 1.165) is 4.31 Å². The Hall–Kier alpha value is -2.84. The fraction of sp³-hybridized carbons (Fsp3) is 0.250. The number of nitrogens with zero attached hydrogens (tertiary/aromatic N) is 1. The van der Waals surface area contributed by atoms with Crippen LogP contribution in [0.5, 0.6) is 11.5 Å². The molecule has 0 radical (unpaired) electrons. The third kappa shape index (κ3) is 5.58. The lowest BCUT2D eigenvalue weighted by Crippen LogP contribution is -2.38. The molecule has 1 amide bonds. The molecule has 0 atom stereocenters. The third-order valence-electron chi connectivity index (χ3n) is 3.80. The van der Waals surface area contributed by atoms with Gasteiger partial charge >= 0.3 is 0 Å². The molecule has 0 spiro atoms. The van der Waals surface area contributed by atoms with E-state index < -0.39 is 15.9 Å². The number of ether oxygens (including phenoxy) is 2. The van der Waals surface area contributed by atoms with Gasteiger partial charge in [-0.1, -0.05) is 6.08 Å². The van der Waals surface area contributed by atoms with Gasteiger partial charge in [0.15, 0.2) is 0 Å². The number of benzene rings is 2. The maximum Gasteiger partial charge on any atom is 0.243 e. The molecule has 150 valence electrons. The molecule has 2 aromatic rings. The van der Waals surface area contributed by atoms with Crippen molar-refractivity contribution >= 4 is 21.6 Å². The summed E-state index contributed by atoms with van der Waals surface area (Å²) in [5.74, 6) is 0.779. The molecule has 7 nitrogen and oxygen atoms in total. The van der Waals surface area contributed by atoms with Crippen molar-refractivity contribution in [2.45, 2.75) is 11.8 Å². The highest BCUT2D eigenvalue weighted by Gasteiger charge is 2.25. The van der Waals surface area contributed by atoms with Crippen LogP contribution < -0.4 is 14.8 Å². The number of carbonyl (C=O) groups excluding carboxylic acids is 1. The Balaban J connectivity index is 2.11. The second kappa shape index (κ2) is 9.91. The van der Waals surface area contributed by atoms with E-state index in [0.29, 0.717) is 23.8 Å². The summed E-state index contributed by atoms with van der Waals surface area (Å²) in [6, 6.07) is 12.8. The first-order chi connectivity index (χ1) is 13.4. The zero-order valence-corrected chi connectivity index (χ0v) is 16.7. The summed E-state index contributed by atoms with van der Waals surface area (Å²) in [5.41, 5.74) is 0.550. The molecule has 1 N–H and O–H groups in total. The Labute approximate surface area is 165 Å². The van der Waals surface area contributed by atoms with Crippen LogP contribution in [0.1, 0.15) is 6.92 Å². The van der Waals surface area contributed by atoms with Crippen molar-refractivity contribution < 1.29 is 22.7 Å². The first-order valence-electron chi connectivity index (χ1n) is 8.68. The molecule has 0 saturated carbocycles. The Morgan fingerprint density at radius 3 is 2.25 bits per heavy atom. The van der Waals surface area contributed by atoms with Crippen molar-refractivity contribution in [1.82, 2.24) is 4.31 Å². The summed E-state index contributed by atoms with van der Waals surface area (Å²) in [7, 11) is -2.37. The highest BCUT2D eigenvalue weighted by molar-refractivity contribution is 7.89. The van der Waals surface area contributed by atoms with E-state index >= 15 is 0 Å². The first-order valence-corrected chi connectivity index (χ1v) is 10.1. The van der Waals surface area contributed by atoms with E-state index in [9.17, 15) is 13.2 Å². The molecule has 0 aromatic heterocycles. The van der Waals surface area contributed by atoms with Crippen molar-refractivity contribution in [3.63, 3.8) is 0 Å². The van der Waals surface area contributed by atoms with Gasteiger partial charge in [-0.15, -0.1) is 6.58 Å². The molecule has 0 aliphatic heterocycles. The molecule has 28 heavy (non-hydrogen) atoms. The average molecular weight is 404 g/mol. The summed E-state index contributed by atoms with van der Waals surface area (Å²) in [4.78, 5) is 12.5. The maximum absolute atomic E-state index is 12.9. The highest BCUT2D eigenvalue weighted by Crippen LogP contribution is 2.20. The van der Waals surface area contributed by atoms with Gasteiger partial charge in [0.1, 0.15) is 11.5 Å². The SMILES string of the molecule is C=CCN(CC(=O)Nc1ccc(OCC)cc1)S(=O)(=O)c1ccc(OC)cc1. The normalized spacial score (nSPS) is 11.1. The predicted octanol–water partition coefficient (Wildman–Crippen LogP) is 2.91. The monoisotopic (exact) mass is 404 g/mol. The number of amides is 1. The van der Waals surface area contributed by atoms with Crippen LogP contribution in [0.2, 0.25) is 0 Å². The number of rotatable bonds is 10. The van der Waals surface area contributed by atoms with Crippen LogP contribution in [0.3, 0.4) is 0 Å². The van der Waals surface area contributed by atoms with Crippen molar-refractivity contribution in [1.29, 1.82) is 0 Å². The van der Waals surface area contributed by atoms with E-state index in [4.69, 9.17) is 9.47 Å². The molecular formula is C20H24N2O5S. The van der Waals surface area contributed by atoms with Gasteiger partial charge in [0.25, 0.3) is 0 Å². The highest BCUT2D eigenvalue weighted by atomic mass is 32.2. The summed E-state index contributed by atoms with van der Waals surface area (Å²) in [6.45, 7) is 5.68. The van der Waals surface area contributed by atoms with E-state index in [-0.39, 0.29) is 18.0 Å². The Kier molecular flexibility index (Phi) is 7.60.